The van der Waals surface area contributed by atoms with E-state index in [1.54, 1.807) is 30.3 Å². The number of aryl methyl sites for hydroxylation is 1. The average Bonchev–Trinajstić information content (AvgIpc) is 0.801. The van der Waals surface area contributed by atoms with Crippen molar-refractivity contribution in [2.45, 2.75) is 85.2 Å². The van der Waals surface area contributed by atoms with Crippen molar-refractivity contribution in [3.05, 3.63) is 192 Å². The molecular formula is C61H59N3O. The van der Waals surface area contributed by atoms with Crippen molar-refractivity contribution in [3.8, 4) is 78.6 Å². The molecule has 0 aliphatic rings. The molecule has 0 amide bonds. The predicted molar refractivity (Wildman–Crippen MR) is 274 cm³/mol. The molecule has 0 saturated carbocycles. The van der Waals surface area contributed by atoms with Gasteiger partial charge in [-0.15, -0.1) is 0 Å². The van der Waals surface area contributed by atoms with E-state index in [0.717, 1.165) is 11.1 Å². The summed E-state index contributed by atoms with van der Waals surface area (Å²) in [6, 6.07) is 31.5. The zero-order chi connectivity index (χ0) is 61.9. The Hall–Kier alpha value is -7.04. The first kappa shape index (κ1) is 26.1. The molecule has 0 saturated heterocycles. The zero-order valence-corrected chi connectivity index (χ0v) is 36.9. The van der Waals surface area contributed by atoms with Crippen LogP contribution in [0.1, 0.15) is 110 Å². The largest absolute Gasteiger partial charge is 0.507 e. The van der Waals surface area contributed by atoms with Gasteiger partial charge in [-0.2, -0.15) is 0 Å². The molecule has 1 N–H and O–H groups in total. The summed E-state index contributed by atoms with van der Waals surface area (Å²) >= 11 is 0. The smallest absolute Gasteiger partial charge is 0.149 e. The summed E-state index contributed by atoms with van der Waals surface area (Å²) in [6.07, 6.45) is -0.781. The van der Waals surface area contributed by atoms with Gasteiger partial charge in [0.25, 0.3) is 0 Å². The molecule has 324 valence electrons. The normalized spacial score (nSPS) is 17.2. The standard InChI is InChI=1S/C61H59N3O/c1-39-30-44(40-18-13-11-14-19-40)35-50(31-39)64-55-23-17-22-51(56(55)63-58(64)52-37-49(60(5,6)7)38-53(57(52)65)61(8,9)10)46-32-45(41-20-15-12-16-21-41)33-47(34-46)54-36-43(28-29-62-54)42-24-26-48(27-25-42)59(2,3)4/h11-38,65H,1-10H3/i1D3,2D3,3D3,4D3,24D,25D,26D,27D,28D,29D,36D. The van der Waals surface area contributed by atoms with E-state index in [-0.39, 0.29) is 28.4 Å². The van der Waals surface area contributed by atoms with Crippen LogP contribution in [0.3, 0.4) is 0 Å². The van der Waals surface area contributed by atoms with Crippen LogP contribution in [0.15, 0.2) is 170 Å². The molecule has 2 aromatic heterocycles. The molecule has 0 unspecified atom stereocenters. The quantitative estimate of drug-likeness (QED) is 0.174. The zero-order valence-electron chi connectivity index (χ0n) is 55.9. The minimum atomic E-state index is -3.95. The van der Waals surface area contributed by atoms with E-state index in [1.165, 1.54) is 0 Å². The van der Waals surface area contributed by atoms with Crippen molar-refractivity contribution in [2.75, 3.05) is 0 Å². The van der Waals surface area contributed by atoms with Crippen LogP contribution in [0, 0.1) is 6.85 Å². The van der Waals surface area contributed by atoms with Gasteiger partial charge in [-0.05, 0) is 133 Å². The van der Waals surface area contributed by atoms with Crippen LogP contribution < -0.4 is 0 Å². The first-order chi connectivity index (χ1) is 38.8. The molecule has 7 aromatic carbocycles. The number of aromatic hydroxyl groups is 1. The lowest BCUT2D eigenvalue weighted by atomic mass is 9.79. The molecule has 9 aromatic rings. The molecule has 4 nitrogen and oxygen atoms in total. The van der Waals surface area contributed by atoms with Gasteiger partial charge in [0.15, 0.2) is 0 Å². The number of rotatable bonds is 7. The summed E-state index contributed by atoms with van der Waals surface area (Å²) in [6.45, 7) is -2.25. The summed E-state index contributed by atoms with van der Waals surface area (Å²) in [4.78, 5) is 9.82. The molecule has 0 aliphatic carbocycles. The van der Waals surface area contributed by atoms with Crippen molar-refractivity contribution in [1.82, 2.24) is 14.5 Å². The van der Waals surface area contributed by atoms with Gasteiger partial charge in [0.1, 0.15) is 11.6 Å². The maximum Gasteiger partial charge on any atom is 0.149 e. The maximum absolute atomic E-state index is 12.6. The minimum absolute atomic E-state index is 0.0336. The SMILES string of the molecule is [2H]c1nc(-c2cc(-c3ccccc3)cc(-c3cccc4c3nc(-c3cc(C(C)(C)C)cc(C(C)(C)C)c3O)n4-c3cc(-c4ccccc4)cc(C([2H])([2H])[2H])c3)c2)c([2H])c(-c2c([2H])c([2H])c(C(C([2H])([2H])[2H])(C([2H])([2H])[2H])C([2H])([2H])[2H])c([2H])c2[2H])c1[2H]. The number of hydrogen-bond acceptors (Lipinski definition) is 3. The van der Waals surface area contributed by atoms with Gasteiger partial charge >= 0.3 is 0 Å². The summed E-state index contributed by atoms with van der Waals surface area (Å²) < 4.78 is 167. The van der Waals surface area contributed by atoms with Gasteiger partial charge in [0.2, 0.25) is 0 Å². The average molecular weight is 869 g/mol. The van der Waals surface area contributed by atoms with Gasteiger partial charge in [-0.25, -0.2) is 4.98 Å². The Morgan fingerprint density at radius 3 is 1.85 bits per heavy atom. The fourth-order valence-corrected chi connectivity index (χ4v) is 8.04. The second-order valence-corrected chi connectivity index (χ2v) is 18.4. The molecule has 65 heavy (non-hydrogen) atoms. The van der Waals surface area contributed by atoms with Crippen LogP contribution in [-0.4, -0.2) is 19.6 Å². The Kier molecular flexibility index (Phi) is 6.61. The summed E-state index contributed by atoms with van der Waals surface area (Å²) in [5, 5.41) is 12.6. The third kappa shape index (κ3) is 8.66. The Balaban J connectivity index is 1.37. The second kappa shape index (κ2) is 16.5. The van der Waals surface area contributed by atoms with Crippen molar-refractivity contribution < 1.29 is 31.2 Å². The third-order valence-electron chi connectivity index (χ3n) is 11.5. The van der Waals surface area contributed by atoms with Crippen LogP contribution in [0.25, 0.3) is 83.9 Å². The number of aromatic nitrogens is 3. The number of phenols is 1. The summed E-state index contributed by atoms with van der Waals surface area (Å²) in [7, 11) is 0. The number of phenolic OH excluding ortho intramolecular Hbond substituents is 1. The summed E-state index contributed by atoms with van der Waals surface area (Å²) in [5.74, 6) is 0.241. The van der Waals surface area contributed by atoms with E-state index in [4.69, 9.17) is 26.9 Å². The lowest BCUT2D eigenvalue weighted by molar-refractivity contribution is 0.446. The Bertz CT molecular complexity index is 4010. The molecule has 0 bridgehead atoms. The number of imidazole rings is 1. The number of benzene rings is 7. The van der Waals surface area contributed by atoms with E-state index in [2.05, 4.69) is 25.8 Å². The van der Waals surface area contributed by atoms with E-state index < -0.39 is 103 Å². The van der Waals surface area contributed by atoms with Crippen LogP contribution in [0.2, 0.25) is 0 Å². The molecule has 0 radical (unpaired) electrons. The molecule has 0 atom stereocenters. The van der Waals surface area contributed by atoms with Gasteiger partial charge in [0, 0.05) is 45.0 Å². The maximum atomic E-state index is 12.6. The monoisotopic (exact) mass is 869 g/mol. The van der Waals surface area contributed by atoms with E-state index in [0.29, 0.717) is 55.7 Å². The second-order valence-electron chi connectivity index (χ2n) is 18.4. The van der Waals surface area contributed by atoms with E-state index in [1.807, 2.05) is 122 Å². The molecule has 0 spiro atoms. The molecule has 2 heterocycles. The molecule has 0 fully saturated rings. The highest BCUT2D eigenvalue weighted by atomic mass is 16.3. The number of para-hydroxylation sites is 1. The first-order valence-electron chi connectivity index (χ1n) is 30.7. The molecule has 9 rings (SSSR count). The lowest BCUT2D eigenvalue weighted by Gasteiger charge is -2.27. The number of fused-ring (bicyclic) bond motifs is 1. The van der Waals surface area contributed by atoms with Crippen molar-refractivity contribution in [1.29, 1.82) is 0 Å². The molecule has 0 aliphatic heterocycles. The topological polar surface area (TPSA) is 50.9 Å². The Morgan fingerprint density at radius 1 is 0.538 bits per heavy atom. The van der Waals surface area contributed by atoms with E-state index in [9.17, 15) is 9.22 Å². The fraction of sp³-hybridized carbons (Fsp3) is 0.213. The van der Waals surface area contributed by atoms with Crippen molar-refractivity contribution in [3.63, 3.8) is 0 Å². The van der Waals surface area contributed by atoms with Gasteiger partial charge < -0.3 is 5.11 Å². The van der Waals surface area contributed by atoms with Gasteiger partial charge in [-0.3, -0.25) is 9.55 Å². The highest BCUT2D eigenvalue weighted by Gasteiger charge is 2.29. The van der Waals surface area contributed by atoms with Gasteiger partial charge in [0.05, 0.1) is 31.9 Å². The van der Waals surface area contributed by atoms with Crippen LogP contribution in [-0.2, 0) is 16.2 Å². The fourth-order valence-electron chi connectivity index (χ4n) is 8.04. The predicted octanol–water partition coefficient (Wildman–Crippen LogP) is 16.3. The minimum Gasteiger partial charge on any atom is -0.507 e. The molecule has 4 heteroatoms. The van der Waals surface area contributed by atoms with Crippen LogP contribution >= 0.6 is 0 Å². The van der Waals surface area contributed by atoms with Gasteiger partial charge in [-0.1, -0.05) is 171 Å². The van der Waals surface area contributed by atoms with Crippen molar-refractivity contribution in [2.24, 2.45) is 0 Å². The van der Waals surface area contributed by atoms with Crippen LogP contribution in [0.5, 0.6) is 5.75 Å². The van der Waals surface area contributed by atoms with Crippen molar-refractivity contribution >= 4 is 11.0 Å². The number of nitrogens with zero attached hydrogens (tertiary/aromatic N) is 3. The Morgan fingerprint density at radius 2 is 1.20 bits per heavy atom. The molecular weight excluding hydrogens is 791 g/mol. The number of pyridine rings is 1. The Labute approximate surface area is 412 Å². The first-order valence-corrected chi connectivity index (χ1v) is 21.2. The number of hydrogen-bond donors (Lipinski definition) is 1. The lowest BCUT2D eigenvalue weighted by Crippen LogP contribution is -2.17. The van der Waals surface area contributed by atoms with E-state index >= 15 is 0 Å². The summed E-state index contributed by atoms with van der Waals surface area (Å²) in [5.41, 5.74) is -1.12. The highest BCUT2D eigenvalue weighted by molar-refractivity contribution is 5.98. The third-order valence-corrected chi connectivity index (χ3v) is 11.5. The highest BCUT2D eigenvalue weighted by Crippen LogP contribution is 2.45. The van der Waals surface area contributed by atoms with Crippen LogP contribution in [0.4, 0.5) is 0 Å².